The third-order valence-corrected chi connectivity index (χ3v) is 9.49. The lowest BCUT2D eigenvalue weighted by atomic mass is 9.98. The summed E-state index contributed by atoms with van der Waals surface area (Å²) in [7, 11) is 0. The third kappa shape index (κ3) is 8.92. The highest BCUT2D eigenvalue weighted by atomic mass is 32.2. The van der Waals surface area contributed by atoms with Crippen LogP contribution >= 0.6 is 11.8 Å². The van der Waals surface area contributed by atoms with Gasteiger partial charge in [0, 0.05) is 33.3 Å². The maximum absolute atomic E-state index is 12.7. The van der Waals surface area contributed by atoms with E-state index in [9.17, 15) is 19.2 Å². The van der Waals surface area contributed by atoms with Crippen LogP contribution in [0.2, 0.25) is 0 Å². The van der Waals surface area contributed by atoms with Crippen molar-refractivity contribution in [3.63, 3.8) is 0 Å². The zero-order valence-corrected chi connectivity index (χ0v) is 28.2. The zero-order valence-electron chi connectivity index (χ0n) is 27.3. The Morgan fingerprint density at radius 2 is 1.40 bits per heavy atom. The Morgan fingerprint density at radius 3 is 2.02 bits per heavy atom. The summed E-state index contributed by atoms with van der Waals surface area (Å²) in [6.45, 7) is 7.05. The molecule has 3 saturated heterocycles. The van der Waals surface area contributed by atoms with Gasteiger partial charge in [0.25, 0.3) is 0 Å². The van der Waals surface area contributed by atoms with Crippen molar-refractivity contribution in [2.75, 3.05) is 6.61 Å². The molecule has 0 radical (unpaired) electrons. The fourth-order valence-electron chi connectivity index (χ4n) is 6.03. The first-order chi connectivity index (χ1) is 23.0. The minimum absolute atomic E-state index is 0.152. The highest BCUT2D eigenvalue weighted by Gasteiger charge is 2.56. The normalized spacial score (nSPS) is 33.1. The van der Waals surface area contributed by atoms with Crippen LogP contribution in [-0.2, 0) is 63.7 Å². The monoisotopic (exact) mass is 687 g/mol. The molecule has 0 spiro atoms. The fourth-order valence-corrected chi connectivity index (χ4v) is 7.70. The van der Waals surface area contributed by atoms with E-state index in [2.05, 4.69) is 5.32 Å². The molecule has 48 heavy (non-hydrogen) atoms. The second-order valence-electron chi connectivity index (χ2n) is 11.8. The molecule has 1 amide bonds. The van der Waals surface area contributed by atoms with Crippen molar-refractivity contribution in [2.24, 2.45) is 0 Å². The molecular formula is C34H41NO12S. The van der Waals surface area contributed by atoms with Crippen LogP contribution in [0, 0.1) is 0 Å². The molecule has 0 saturated carbocycles. The molecular weight excluding hydrogens is 646 g/mol. The Hall–Kier alpha value is -3.53. The van der Waals surface area contributed by atoms with Crippen molar-refractivity contribution in [3.8, 4) is 0 Å². The molecule has 13 nitrogen and oxygen atoms in total. The highest BCUT2D eigenvalue weighted by molar-refractivity contribution is 8.00. The topological polar surface area (TPSA) is 154 Å². The number of ether oxygens (including phenoxy) is 8. The van der Waals surface area contributed by atoms with Crippen LogP contribution in [0.25, 0.3) is 0 Å². The van der Waals surface area contributed by atoms with E-state index in [1.807, 2.05) is 60.7 Å². The van der Waals surface area contributed by atoms with Crippen LogP contribution in [0.5, 0.6) is 0 Å². The molecule has 2 aromatic rings. The quantitative estimate of drug-likeness (QED) is 0.288. The summed E-state index contributed by atoms with van der Waals surface area (Å²) in [6, 6.07) is 18.1. The van der Waals surface area contributed by atoms with Crippen LogP contribution in [0.3, 0.4) is 0 Å². The molecule has 3 heterocycles. The number of benzene rings is 2. The predicted octanol–water partition coefficient (Wildman–Crippen LogP) is 3.19. The van der Waals surface area contributed by atoms with E-state index in [-0.39, 0.29) is 19.1 Å². The van der Waals surface area contributed by atoms with Gasteiger partial charge in [0.15, 0.2) is 30.9 Å². The Kier molecular flexibility index (Phi) is 12.1. The average Bonchev–Trinajstić information content (AvgIpc) is 3.04. The van der Waals surface area contributed by atoms with Crippen molar-refractivity contribution in [1.82, 2.24) is 5.32 Å². The number of esters is 3. The highest BCUT2D eigenvalue weighted by Crippen LogP contribution is 2.44. The minimum atomic E-state index is -1.20. The van der Waals surface area contributed by atoms with Gasteiger partial charge >= 0.3 is 17.9 Å². The van der Waals surface area contributed by atoms with E-state index < -0.39 is 83.8 Å². The van der Waals surface area contributed by atoms with Crippen molar-refractivity contribution in [3.05, 3.63) is 71.8 Å². The lowest BCUT2D eigenvalue weighted by molar-refractivity contribution is -0.321. The Balaban J connectivity index is 1.51. The van der Waals surface area contributed by atoms with Crippen molar-refractivity contribution in [1.29, 1.82) is 0 Å². The van der Waals surface area contributed by atoms with Gasteiger partial charge in [0.05, 0.1) is 30.6 Å². The summed E-state index contributed by atoms with van der Waals surface area (Å²) < 4.78 is 48.6. The molecule has 0 aromatic heterocycles. The van der Waals surface area contributed by atoms with Crippen LogP contribution in [-0.4, -0.2) is 90.1 Å². The van der Waals surface area contributed by atoms with E-state index in [1.165, 1.54) is 39.5 Å². The van der Waals surface area contributed by atoms with Gasteiger partial charge in [-0.1, -0.05) is 60.7 Å². The average molecular weight is 688 g/mol. The standard InChI is InChI=1S/C34H41NO12S/c1-18-27(43-20(3)37)29(44-21(4)38)30(45-22(5)39)34(42-18)48-31-26(35-19(2)36)33(40-16-23-12-8-6-9-13-23)46-25-17-41-32(47-28(25)31)24-14-10-7-11-15-24/h6-15,18,25-34H,16-17H2,1-5H3,(H,35,36)/t18-,25+,26+,27+,28+,29+,30-,31+,32?,33+,34-/m0/s1. The molecule has 14 heteroatoms. The van der Waals surface area contributed by atoms with Crippen LogP contribution in [0.4, 0.5) is 0 Å². The maximum Gasteiger partial charge on any atom is 0.303 e. The Bertz CT molecular complexity index is 1410. The smallest absolute Gasteiger partial charge is 0.303 e. The second-order valence-corrected chi connectivity index (χ2v) is 13.1. The van der Waals surface area contributed by atoms with Gasteiger partial charge in [-0.3, -0.25) is 19.2 Å². The van der Waals surface area contributed by atoms with Crippen LogP contribution in [0.1, 0.15) is 52.0 Å². The summed E-state index contributed by atoms with van der Waals surface area (Å²) in [4.78, 5) is 49.4. The number of hydrogen-bond acceptors (Lipinski definition) is 13. The van der Waals surface area contributed by atoms with Gasteiger partial charge in [-0.25, -0.2) is 0 Å². The maximum atomic E-state index is 12.7. The number of carbonyl (C=O) groups excluding carboxylic acids is 4. The van der Waals surface area contributed by atoms with Gasteiger partial charge in [0.1, 0.15) is 17.6 Å². The second kappa shape index (κ2) is 16.2. The molecule has 2 aromatic carbocycles. The fraction of sp³-hybridized carbons (Fsp3) is 0.529. The van der Waals surface area contributed by atoms with Gasteiger partial charge in [0.2, 0.25) is 5.91 Å². The molecule has 260 valence electrons. The number of amides is 1. The first-order valence-corrected chi connectivity index (χ1v) is 16.7. The van der Waals surface area contributed by atoms with Crippen LogP contribution in [0.15, 0.2) is 60.7 Å². The minimum Gasteiger partial charge on any atom is -0.456 e. The summed E-state index contributed by atoms with van der Waals surface area (Å²) in [6.07, 6.45) is -7.23. The molecule has 0 aliphatic carbocycles. The van der Waals surface area contributed by atoms with Crippen molar-refractivity contribution >= 4 is 35.6 Å². The Labute approximate surface area is 283 Å². The van der Waals surface area contributed by atoms with Crippen molar-refractivity contribution in [2.45, 2.75) is 107 Å². The van der Waals surface area contributed by atoms with Gasteiger partial charge in [-0.15, -0.1) is 11.8 Å². The molecule has 1 N–H and O–H groups in total. The summed E-state index contributed by atoms with van der Waals surface area (Å²) >= 11 is 1.22. The van der Waals surface area contributed by atoms with Gasteiger partial charge < -0.3 is 43.2 Å². The lowest BCUT2D eigenvalue weighted by Crippen LogP contribution is -2.67. The number of rotatable bonds is 10. The number of fused-ring (bicyclic) bond motifs is 1. The van der Waals surface area contributed by atoms with E-state index >= 15 is 0 Å². The molecule has 1 unspecified atom stereocenters. The van der Waals surface area contributed by atoms with E-state index in [1.54, 1.807) is 6.92 Å². The Morgan fingerprint density at radius 1 is 0.792 bits per heavy atom. The van der Waals surface area contributed by atoms with Crippen molar-refractivity contribution < 1.29 is 57.1 Å². The molecule has 0 bridgehead atoms. The van der Waals surface area contributed by atoms with E-state index in [0.29, 0.717) is 0 Å². The number of nitrogens with one attached hydrogen (secondary N) is 1. The largest absolute Gasteiger partial charge is 0.456 e. The summed E-state index contributed by atoms with van der Waals surface area (Å²) in [5.41, 5.74) is 0.712. The number of thioether (sulfide) groups is 1. The van der Waals surface area contributed by atoms with E-state index in [0.717, 1.165) is 11.1 Å². The number of carbonyl (C=O) groups is 4. The molecule has 3 aliphatic heterocycles. The van der Waals surface area contributed by atoms with E-state index in [4.69, 9.17) is 37.9 Å². The van der Waals surface area contributed by atoms with Gasteiger partial charge in [-0.2, -0.15) is 0 Å². The van der Waals surface area contributed by atoms with Crippen LogP contribution < -0.4 is 5.32 Å². The third-order valence-electron chi connectivity index (χ3n) is 7.96. The van der Waals surface area contributed by atoms with Gasteiger partial charge in [-0.05, 0) is 12.5 Å². The zero-order chi connectivity index (χ0) is 34.4. The number of hydrogen-bond donors (Lipinski definition) is 1. The molecule has 3 fully saturated rings. The predicted molar refractivity (Wildman–Crippen MR) is 170 cm³/mol. The molecule has 3 aliphatic rings. The summed E-state index contributed by atoms with van der Waals surface area (Å²) in [5, 5.41) is 2.35. The SMILES string of the molecule is CC(=O)N[C@H]1[C@H](OCc2ccccc2)O[C@@H]2COC(c3ccccc3)O[C@H]2[C@@H]1S[C@@H]1O[C@@H](C)[C@@H](OC(C)=O)[C@@H](OC(C)=O)[C@@H]1OC(C)=O. The first kappa shape index (κ1) is 35.8. The molecule has 5 rings (SSSR count). The molecule has 11 atom stereocenters. The lowest BCUT2D eigenvalue weighted by Gasteiger charge is -2.51. The first-order valence-electron chi connectivity index (χ1n) is 15.7. The summed E-state index contributed by atoms with van der Waals surface area (Å²) in [5.74, 6) is -2.29.